The second-order valence-corrected chi connectivity index (χ2v) is 3.90. The number of pyridine rings is 1. The van der Waals surface area contributed by atoms with Crippen LogP contribution in [0.2, 0.25) is 0 Å². The molecule has 0 spiro atoms. The second-order valence-electron chi connectivity index (χ2n) is 3.90. The van der Waals surface area contributed by atoms with Crippen LogP contribution in [0.15, 0.2) is 24.4 Å². The van der Waals surface area contributed by atoms with Crippen LogP contribution < -0.4 is 5.73 Å². The lowest BCUT2D eigenvalue weighted by Crippen LogP contribution is -2.19. The van der Waals surface area contributed by atoms with Gasteiger partial charge in [-0.1, -0.05) is 19.9 Å². The van der Waals surface area contributed by atoms with Crippen molar-refractivity contribution in [2.24, 2.45) is 5.73 Å². The Kier molecular flexibility index (Phi) is 4.60. The predicted octanol–water partition coefficient (Wildman–Crippen LogP) is 2.70. The average Bonchev–Trinajstić information content (AvgIpc) is 2.26. The number of hydrogen-bond acceptors (Lipinski definition) is 2. The highest BCUT2D eigenvalue weighted by atomic mass is 14.7. The van der Waals surface area contributed by atoms with Crippen molar-refractivity contribution in [3.63, 3.8) is 0 Å². The fraction of sp³-hybridized carbons (Fsp3) is 0.583. The molecule has 0 bridgehead atoms. The third-order valence-electron chi connectivity index (χ3n) is 2.69. The molecule has 0 radical (unpaired) electrons. The molecule has 0 fully saturated rings. The lowest BCUT2D eigenvalue weighted by atomic mass is 9.97. The molecule has 1 heterocycles. The van der Waals surface area contributed by atoms with Crippen LogP contribution in [0, 0.1) is 0 Å². The first kappa shape index (κ1) is 11.2. The summed E-state index contributed by atoms with van der Waals surface area (Å²) in [7, 11) is 0. The molecule has 0 aliphatic rings. The Labute approximate surface area is 86.5 Å². The molecule has 1 rings (SSSR count). The fourth-order valence-electron chi connectivity index (χ4n) is 1.48. The highest BCUT2D eigenvalue weighted by Crippen LogP contribution is 2.18. The van der Waals surface area contributed by atoms with Crippen molar-refractivity contribution < 1.29 is 0 Å². The molecule has 2 heteroatoms. The van der Waals surface area contributed by atoms with Gasteiger partial charge in [-0.05, 0) is 37.3 Å². The van der Waals surface area contributed by atoms with Crippen LogP contribution in [0.25, 0.3) is 0 Å². The van der Waals surface area contributed by atoms with Gasteiger partial charge >= 0.3 is 0 Å². The van der Waals surface area contributed by atoms with E-state index in [0.29, 0.717) is 12.0 Å². The molecule has 2 N–H and O–H groups in total. The van der Waals surface area contributed by atoms with Crippen LogP contribution in [0.5, 0.6) is 0 Å². The molecule has 0 aliphatic heterocycles. The highest BCUT2D eigenvalue weighted by molar-refractivity contribution is 5.08. The zero-order valence-corrected chi connectivity index (χ0v) is 9.11. The first-order valence-electron chi connectivity index (χ1n) is 5.40. The molecule has 14 heavy (non-hydrogen) atoms. The van der Waals surface area contributed by atoms with Crippen LogP contribution in [-0.4, -0.2) is 11.0 Å². The topological polar surface area (TPSA) is 38.9 Å². The first-order valence-corrected chi connectivity index (χ1v) is 5.40. The predicted molar refractivity (Wildman–Crippen MR) is 60.2 cm³/mol. The maximum absolute atomic E-state index is 5.88. The summed E-state index contributed by atoms with van der Waals surface area (Å²) in [5, 5.41) is 0. The van der Waals surface area contributed by atoms with E-state index >= 15 is 0 Å². The Bertz CT molecular complexity index is 246. The van der Waals surface area contributed by atoms with E-state index in [0.717, 1.165) is 19.3 Å². The molecule has 2 nitrogen and oxygen atoms in total. The Hall–Kier alpha value is -0.890. The minimum Gasteiger partial charge on any atom is -0.328 e. The maximum Gasteiger partial charge on any atom is 0.0431 e. The second kappa shape index (κ2) is 5.76. The van der Waals surface area contributed by atoms with Crippen LogP contribution in [0.1, 0.15) is 44.7 Å². The summed E-state index contributed by atoms with van der Waals surface area (Å²) in [5.74, 6) is 0.522. The lowest BCUT2D eigenvalue weighted by Gasteiger charge is -2.13. The Morgan fingerprint density at radius 1 is 1.36 bits per heavy atom. The molecule has 1 aromatic rings. The fourth-order valence-corrected chi connectivity index (χ4v) is 1.48. The quantitative estimate of drug-likeness (QED) is 0.779. The van der Waals surface area contributed by atoms with Gasteiger partial charge in [-0.3, -0.25) is 4.98 Å². The summed E-state index contributed by atoms with van der Waals surface area (Å²) in [6.45, 7) is 4.35. The summed E-state index contributed by atoms with van der Waals surface area (Å²) in [6, 6.07) is 6.43. The molecule has 78 valence electrons. The van der Waals surface area contributed by atoms with Gasteiger partial charge in [0.25, 0.3) is 0 Å². The van der Waals surface area contributed by atoms with E-state index in [1.54, 1.807) is 0 Å². The number of nitrogens with zero attached hydrogens (tertiary/aromatic N) is 1. The molecule has 1 aromatic heterocycles. The molecule has 2 atom stereocenters. The highest BCUT2D eigenvalue weighted by Gasteiger charge is 2.08. The van der Waals surface area contributed by atoms with E-state index in [1.807, 2.05) is 18.3 Å². The zero-order chi connectivity index (χ0) is 10.4. The summed E-state index contributed by atoms with van der Waals surface area (Å²) in [4.78, 5) is 4.34. The Balaban J connectivity index is 2.39. The summed E-state index contributed by atoms with van der Waals surface area (Å²) < 4.78 is 0. The van der Waals surface area contributed by atoms with Gasteiger partial charge in [-0.25, -0.2) is 0 Å². The van der Waals surface area contributed by atoms with Gasteiger partial charge in [-0.15, -0.1) is 0 Å². The first-order chi connectivity index (χ1) is 6.74. The monoisotopic (exact) mass is 192 g/mol. The van der Waals surface area contributed by atoms with Crippen LogP contribution in [-0.2, 0) is 0 Å². The number of aromatic nitrogens is 1. The van der Waals surface area contributed by atoms with E-state index in [2.05, 4.69) is 24.9 Å². The standard InChI is InChI=1S/C12H20N2/c1-3-11(13)8-7-10(2)12-6-4-5-9-14-12/h4-6,9-11H,3,7-8,13H2,1-2H3. The maximum atomic E-state index is 5.88. The Morgan fingerprint density at radius 2 is 2.14 bits per heavy atom. The molecule has 0 aromatic carbocycles. The van der Waals surface area contributed by atoms with E-state index in [4.69, 9.17) is 5.73 Å². The van der Waals surface area contributed by atoms with Crippen LogP contribution >= 0.6 is 0 Å². The van der Waals surface area contributed by atoms with Crippen molar-refractivity contribution in [3.05, 3.63) is 30.1 Å². The van der Waals surface area contributed by atoms with E-state index in [9.17, 15) is 0 Å². The summed E-state index contributed by atoms with van der Waals surface area (Å²) >= 11 is 0. The van der Waals surface area contributed by atoms with E-state index in [-0.39, 0.29) is 0 Å². The molecular weight excluding hydrogens is 172 g/mol. The molecule has 2 unspecified atom stereocenters. The van der Waals surface area contributed by atoms with Gasteiger partial charge in [0.2, 0.25) is 0 Å². The largest absolute Gasteiger partial charge is 0.328 e. The molecule has 0 aliphatic carbocycles. The minimum absolute atomic E-state index is 0.348. The van der Waals surface area contributed by atoms with E-state index < -0.39 is 0 Å². The number of rotatable bonds is 5. The SMILES string of the molecule is CCC(N)CCC(C)c1ccccn1. The van der Waals surface area contributed by atoms with Crippen molar-refractivity contribution in [2.45, 2.75) is 45.1 Å². The van der Waals surface area contributed by atoms with Crippen molar-refractivity contribution in [2.75, 3.05) is 0 Å². The lowest BCUT2D eigenvalue weighted by molar-refractivity contribution is 0.525. The molecule has 0 saturated heterocycles. The van der Waals surface area contributed by atoms with Gasteiger partial charge in [0.05, 0.1) is 0 Å². The van der Waals surface area contributed by atoms with Gasteiger partial charge in [-0.2, -0.15) is 0 Å². The summed E-state index contributed by atoms with van der Waals surface area (Å²) in [6.07, 6.45) is 5.14. The van der Waals surface area contributed by atoms with Gasteiger partial charge in [0.1, 0.15) is 0 Å². The van der Waals surface area contributed by atoms with Crippen molar-refractivity contribution in [3.8, 4) is 0 Å². The van der Waals surface area contributed by atoms with E-state index in [1.165, 1.54) is 5.69 Å². The smallest absolute Gasteiger partial charge is 0.0431 e. The van der Waals surface area contributed by atoms with Gasteiger partial charge < -0.3 is 5.73 Å². The minimum atomic E-state index is 0.348. The van der Waals surface area contributed by atoms with Gasteiger partial charge in [0, 0.05) is 17.9 Å². The average molecular weight is 192 g/mol. The molecular formula is C12H20N2. The Morgan fingerprint density at radius 3 is 2.71 bits per heavy atom. The zero-order valence-electron chi connectivity index (χ0n) is 9.11. The molecule has 0 saturated carbocycles. The number of hydrogen-bond donors (Lipinski definition) is 1. The third kappa shape index (κ3) is 3.46. The number of nitrogens with two attached hydrogens (primary N) is 1. The van der Waals surface area contributed by atoms with Crippen molar-refractivity contribution in [1.82, 2.24) is 4.98 Å². The van der Waals surface area contributed by atoms with Crippen LogP contribution in [0.3, 0.4) is 0 Å². The molecule has 0 amide bonds. The van der Waals surface area contributed by atoms with Gasteiger partial charge in [0.15, 0.2) is 0 Å². The van der Waals surface area contributed by atoms with Crippen molar-refractivity contribution >= 4 is 0 Å². The third-order valence-corrected chi connectivity index (χ3v) is 2.69. The van der Waals surface area contributed by atoms with Crippen molar-refractivity contribution in [1.29, 1.82) is 0 Å². The summed E-state index contributed by atoms with van der Waals surface area (Å²) in [5.41, 5.74) is 7.06. The van der Waals surface area contributed by atoms with Crippen LogP contribution in [0.4, 0.5) is 0 Å². The normalized spacial score (nSPS) is 15.1.